The van der Waals surface area contributed by atoms with Crippen molar-refractivity contribution in [2.45, 2.75) is 33.2 Å². The second kappa shape index (κ2) is 8.22. The van der Waals surface area contributed by atoms with Gasteiger partial charge in [-0.3, -0.25) is 0 Å². The van der Waals surface area contributed by atoms with Crippen LogP contribution in [0.15, 0.2) is 24.3 Å². The van der Waals surface area contributed by atoms with Crippen LogP contribution in [0.2, 0.25) is 0 Å². The highest BCUT2D eigenvalue weighted by atomic mass is 19.1. The molecule has 18 heavy (non-hydrogen) atoms. The Balaban J connectivity index is 2.31. The van der Waals surface area contributed by atoms with Crippen molar-refractivity contribution in [3.63, 3.8) is 0 Å². The monoisotopic (exact) mass is 253 g/mol. The average molecular weight is 253 g/mol. The first kappa shape index (κ1) is 15.1. The third kappa shape index (κ3) is 5.61. The van der Waals surface area contributed by atoms with Gasteiger partial charge >= 0.3 is 0 Å². The molecular weight excluding hydrogens is 229 g/mol. The third-order valence-electron chi connectivity index (χ3n) is 2.77. The summed E-state index contributed by atoms with van der Waals surface area (Å²) in [5, 5.41) is 3.43. The molecule has 0 heterocycles. The smallest absolute Gasteiger partial charge is 0.123 e. The van der Waals surface area contributed by atoms with E-state index < -0.39 is 0 Å². The Labute approximate surface area is 110 Å². The predicted molar refractivity (Wildman–Crippen MR) is 73.1 cm³/mol. The molecule has 0 aromatic heterocycles. The van der Waals surface area contributed by atoms with Crippen LogP contribution in [0.3, 0.4) is 0 Å². The van der Waals surface area contributed by atoms with E-state index in [2.05, 4.69) is 26.1 Å². The zero-order valence-electron chi connectivity index (χ0n) is 11.6. The van der Waals surface area contributed by atoms with Crippen LogP contribution in [-0.4, -0.2) is 19.8 Å². The molecule has 1 aromatic carbocycles. The highest BCUT2D eigenvalue weighted by molar-refractivity contribution is 5.19. The summed E-state index contributed by atoms with van der Waals surface area (Å²) in [5.74, 6) is 0.387. The van der Waals surface area contributed by atoms with E-state index in [1.54, 1.807) is 0 Å². The fourth-order valence-electron chi connectivity index (χ4n) is 1.82. The minimum absolute atomic E-state index is 0.186. The van der Waals surface area contributed by atoms with Crippen LogP contribution in [0.25, 0.3) is 0 Å². The normalized spacial score (nSPS) is 12.9. The van der Waals surface area contributed by atoms with E-state index in [1.807, 2.05) is 12.1 Å². The molecule has 0 saturated heterocycles. The zero-order valence-corrected chi connectivity index (χ0v) is 11.6. The number of hydrogen-bond acceptors (Lipinski definition) is 2. The molecule has 0 fully saturated rings. The number of nitrogens with one attached hydrogen (secondary N) is 1. The first-order valence-electron chi connectivity index (χ1n) is 6.70. The summed E-state index contributed by atoms with van der Waals surface area (Å²) < 4.78 is 18.4. The molecule has 0 aliphatic carbocycles. The largest absolute Gasteiger partial charge is 0.380 e. The molecule has 102 valence electrons. The SMILES string of the molecule is CCC(NCCOCC(C)C)c1ccc(F)cc1. The van der Waals surface area contributed by atoms with Gasteiger partial charge in [-0.05, 0) is 30.0 Å². The molecule has 1 unspecified atom stereocenters. The Hall–Kier alpha value is -0.930. The van der Waals surface area contributed by atoms with E-state index in [0.29, 0.717) is 5.92 Å². The van der Waals surface area contributed by atoms with Crippen molar-refractivity contribution in [2.24, 2.45) is 5.92 Å². The molecular formula is C15H24FNO. The second-order valence-electron chi connectivity index (χ2n) is 4.94. The van der Waals surface area contributed by atoms with E-state index in [1.165, 1.54) is 12.1 Å². The standard InChI is InChI=1S/C15H24FNO/c1-4-15(13-5-7-14(16)8-6-13)17-9-10-18-11-12(2)3/h5-8,12,15,17H,4,9-11H2,1-3H3. The third-order valence-corrected chi connectivity index (χ3v) is 2.77. The van der Waals surface area contributed by atoms with E-state index in [-0.39, 0.29) is 11.9 Å². The molecule has 1 N–H and O–H groups in total. The van der Waals surface area contributed by atoms with E-state index in [9.17, 15) is 4.39 Å². The Kier molecular flexibility index (Phi) is 6.91. The molecule has 0 aliphatic heterocycles. The van der Waals surface area contributed by atoms with Crippen molar-refractivity contribution >= 4 is 0 Å². The molecule has 1 rings (SSSR count). The van der Waals surface area contributed by atoms with Crippen LogP contribution in [0.4, 0.5) is 4.39 Å². The van der Waals surface area contributed by atoms with Gasteiger partial charge in [0.05, 0.1) is 6.61 Å². The summed E-state index contributed by atoms with van der Waals surface area (Å²) in [6.45, 7) is 8.74. The molecule has 0 radical (unpaired) electrons. The van der Waals surface area contributed by atoms with Gasteiger partial charge in [-0.1, -0.05) is 32.9 Å². The molecule has 0 spiro atoms. The topological polar surface area (TPSA) is 21.3 Å². The maximum absolute atomic E-state index is 12.8. The second-order valence-corrected chi connectivity index (χ2v) is 4.94. The number of halogens is 1. The fourth-order valence-corrected chi connectivity index (χ4v) is 1.82. The lowest BCUT2D eigenvalue weighted by molar-refractivity contribution is 0.110. The minimum Gasteiger partial charge on any atom is -0.380 e. The molecule has 3 heteroatoms. The molecule has 2 nitrogen and oxygen atoms in total. The molecule has 1 aromatic rings. The summed E-state index contributed by atoms with van der Waals surface area (Å²) in [4.78, 5) is 0. The van der Waals surface area contributed by atoms with Crippen molar-refractivity contribution in [1.82, 2.24) is 5.32 Å². The maximum atomic E-state index is 12.8. The lowest BCUT2D eigenvalue weighted by Crippen LogP contribution is -2.25. The van der Waals surface area contributed by atoms with Crippen LogP contribution in [0, 0.1) is 11.7 Å². The Morgan fingerprint density at radius 1 is 1.22 bits per heavy atom. The van der Waals surface area contributed by atoms with Crippen molar-refractivity contribution in [2.75, 3.05) is 19.8 Å². The van der Waals surface area contributed by atoms with Crippen LogP contribution < -0.4 is 5.32 Å². The summed E-state index contributed by atoms with van der Waals surface area (Å²) >= 11 is 0. The van der Waals surface area contributed by atoms with E-state index >= 15 is 0 Å². The summed E-state index contributed by atoms with van der Waals surface area (Å²) in [6, 6.07) is 6.97. The maximum Gasteiger partial charge on any atom is 0.123 e. The van der Waals surface area contributed by atoms with Gasteiger partial charge in [0.25, 0.3) is 0 Å². The minimum atomic E-state index is -0.186. The zero-order chi connectivity index (χ0) is 13.4. The Bertz CT molecular complexity index is 324. The number of rotatable bonds is 8. The van der Waals surface area contributed by atoms with E-state index in [4.69, 9.17) is 4.74 Å². The number of benzene rings is 1. The van der Waals surface area contributed by atoms with Crippen molar-refractivity contribution < 1.29 is 9.13 Å². The summed E-state index contributed by atoms with van der Waals surface area (Å²) in [7, 11) is 0. The van der Waals surface area contributed by atoms with Gasteiger partial charge in [0.1, 0.15) is 5.82 Å². The molecule has 0 saturated carbocycles. The molecule has 0 amide bonds. The van der Waals surface area contributed by atoms with Crippen LogP contribution in [-0.2, 0) is 4.74 Å². The first-order chi connectivity index (χ1) is 8.63. The van der Waals surface area contributed by atoms with Crippen molar-refractivity contribution in [1.29, 1.82) is 0 Å². The van der Waals surface area contributed by atoms with Crippen LogP contribution >= 0.6 is 0 Å². The van der Waals surface area contributed by atoms with Crippen molar-refractivity contribution in [3.8, 4) is 0 Å². The molecule has 0 aliphatic rings. The van der Waals surface area contributed by atoms with Gasteiger partial charge in [0, 0.05) is 19.2 Å². The van der Waals surface area contributed by atoms with Gasteiger partial charge in [0.2, 0.25) is 0 Å². The van der Waals surface area contributed by atoms with Gasteiger partial charge in [-0.15, -0.1) is 0 Å². The number of hydrogen-bond donors (Lipinski definition) is 1. The highest BCUT2D eigenvalue weighted by Gasteiger charge is 2.08. The van der Waals surface area contributed by atoms with Gasteiger partial charge < -0.3 is 10.1 Å². The van der Waals surface area contributed by atoms with Crippen LogP contribution in [0.5, 0.6) is 0 Å². The van der Waals surface area contributed by atoms with Crippen molar-refractivity contribution in [3.05, 3.63) is 35.6 Å². The quantitative estimate of drug-likeness (QED) is 0.715. The Morgan fingerprint density at radius 2 is 1.89 bits per heavy atom. The summed E-state index contributed by atoms with van der Waals surface area (Å²) in [6.07, 6.45) is 0.982. The first-order valence-corrected chi connectivity index (χ1v) is 6.70. The summed E-state index contributed by atoms with van der Waals surface area (Å²) in [5.41, 5.74) is 1.13. The molecule has 1 atom stereocenters. The highest BCUT2D eigenvalue weighted by Crippen LogP contribution is 2.16. The van der Waals surface area contributed by atoms with E-state index in [0.717, 1.165) is 31.7 Å². The van der Waals surface area contributed by atoms with Gasteiger partial charge in [-0.25, -0.2) is 4.39 Å². The number of ether oxygens (including phenoxy) is 1. The van der Waals surface area contributed by atoms with Gasteiger partial charge in [0.15, 0.2) is 0 Å². The predicted octanol–water partition coefficient (Wildman–Crippen LogP) is 3.54. The molecule has 0 bridgehead atoms. The Morgan fingerprint density at radius 3 is 2.44 bits per heavy atom. The fraction of sp³-hybridized carbons (Fsp3) is 0.600. The van der Waals surface area contributed by atoms with Crippen LogP contribution in [0.1, 0.15) is 38.8 Å². The lowest BCUT2D eigenvalue weighted by Gasteiger charge is -2.17. The average Bonchev–Trinajstić information content (AvgIpc) is 2.35. The van der Waals surface area contributed by atoms with Gasteiger partial charge in [-0.2, -0.15) is 0 Å². The lowest BCUT2D eigenvalue weighted by atomic mass is 10.0.